The lowest BCUT2D eigenvalue weighted by atomic mass is 10.2. The second-order valence-corrected chi connectivity index (χ2v) is 7.61. The van der Waals surface area contributed by atoms with E-state index in [0.29, 0.717) is 0 Å². The molecule has 0 saturated heterocycles. The third-order valence-corrected chi connectivity index (χ3v) is 6.49. The summed E-state index contributed by atoms with van der Waals surface area (Å²) in [6.07, 6.45) is 6.05. The molecule has 118 valence electrons. The molecule has 4 rings (SSSR count). The second kappa shape index (κ2) is 6.59. The SMILES string of the molecule is CSc1c(Sc2c[nH]c3ccccc3c2=S)cnc2ccccc12. The van der Waals surface area contributed by atoms with Crippen molar-refractivity contribution < 1.29 is 0 Å². The molecule has 2 aromatic heterocycles. The average molecular weight is 367 g/mol. The average Bonchev–Trinajstić information content (AvgIpc) is 2.64. The molecule has 0 aliphatic heterocycles. The molecule has 0 aliphatic carbocycles. The predicted molar refractivity (Wildman–Crippen MR) is 107 cm³/mol. The normalized spacial score (nSPS) is 11.2. The number of aromatic nitrogens is 2. The maximum absolute atomic E-state index is 5.70. The van der Waals surface area contributed by atoms with Crippen LogP contribution in [0.2, 0.25) is 0 Å². The van der Waals surface area contributed by atoms with Crippen molar-refractivity contribution in [1.29, 1.82) is 0 Å². The highest BCUT2D eigenvalue weighted by Gasteiger charge is 2.11. The van der Waals surface area contributed by atoms with Crippen LogP contribution in [0.5, 0.6) is 0 Å². The first-order chi connectivity index (χ1) is 11.8. The fourth-order valence-corrected chi connectivity index (χ4v) is 4.97. The zero-order valence-corrected chi connectivity index (χ0v) is 15.4. The Labute approximate surface area is 153 Å². The Kier molecular flexibility index (Phi) is 4.31. The first-order valence-corrected chi connectivity index (χ1v) is 9.93. The summed E-state index contributed by atoms with van der Waals surface area (Å²) in [5.74, 6) is 0. The van der Waals surface area contributed by atoms with E-state index in [1.165, 1.54) is 10.3 Å². The van der Waals surface area contributed by atoms with E-state index >= 15 is 0 Å². The van der Waals surface area contributed by atoms with Gasteiger partial charge in [0, 0.05) is 43.4 Å². The van der Waals surface area contributed by atoms with Crippen LogP contribution in [-0.4, -0.2) is 16.2 Å². The monoisotopic (exact) mass is 366 g/mol. The van der Waals surface area contributed by atoms with Crippen LogP contribution in [0, 0.1) is 4.51 Å². The molecule has 0 aliphatic rings. The van der Waals surface area contributed by atoms with Gasteiger partial charge < -0.3 is 4.98 Å². The summed E-state index contributed by atoms with van der Waals surface area (Å²) in [5, 5.41) is 2.27. The number of rotatable bonds is 3. The summed E-state index contributed by atoms with van der Waals surface area (Å²) in [7, 11) is 0. The summed E-state index contributed by atoms with van der Waals surface area (Å²) in [6.45, 7) is 0. The van der Waals surface area contributed by atoms with Crippen molar-refractivity contribution in [2.24, 2.45) is 0 Å². The molecule has 2 aromatic carbocycles. The number of fused-ring (bicyclic) bond motifs is 2. The number of H-pyrrole nitrogens is 1. The number of thioether (sulfide) groups is 1. The van der Waals surface area contributed by atoms with Crippen LogP contribution in [0.15, 0.2) is 75.6 Å². The molecule has 0 amide bonds. The highest BCUT2D eigenvalue weighted by Crippen LogP contribution is 2.39. The molecule has 2 nitrogen and oxygen atoms in total. The third kappa shape index (κ3) is 2.73. The topological polar surface area (TPSA) is 28.7 Å². The molecule has 0 unspecified atom stereocenters. The van der Waals surface area contributed by atoms with E-state index in [2.05, 4.69) is 34.4 Å². The van der Waals surface area contributed by atoms with Gasteiger partial charge in [-0.05, 0) is 18.4 Å². The minimum Gasteiger partial charge on any atom is -0.360 e. The number of nitrogens with zero attached hydrogens (tertiary/aromatic N) is 1. The van der Waals surface area contributed by atoms with Crippen molar-refractivity contribution in [3.63, 3.8) is 0 Å². The maximum atomic E-state index is 5.70. The van der Waals surface area contributed by atoms with Crippen molar-refractivity contribution in [2.75, 3.05) is 6.26 Å². The van der Waals surface area contributed by atoms with Crippen molar-refractivity contribution in [3.8, 4) is 0 Å². The largest absolute Gasteiger partial charge is 0.360 e. The molecule has 0 atom stereocenters. The van der Waals surface area contributed by atoms with Gasteiger partial charge in [-0.25, -0.2) is 0 Å². The van der Waals surface area contributed by atoms with Crippen LogP contribution in [-0.2, 0) is 0 Å². The molecule has 0 spiro atoms. The predicted octanol–water partition coefficient (Wildman–Crippen LogP) is 6.32. The van der Waals surface area contributed by atoms with E-state index in [1.807, 2.05) is 42.7 Å². The van der Waals surface area contributed by atoms with Gasteiger partial charge in [0.15, 0.2) is 0 Å². The zero-order valence-electron chi connectivity index (χ0n) is 12.9. The van der Waals surface area contributed by atoms with Crippen LogP contribution in [0.25, 0.3) is 21.8 Å². The molecule has 2 heterocycles. The molecule has 0 saturated carbocycles. The number of hydrogen-bond donors (Lipinski definition) is 1. The number of benzene rings is 2. The number of para-hydroxylation sites is 2. The Morgan fingerprint density at radius 2 is 1.71 bits per heavy atom. The van der Waals surface area contributed by atoms with Crippen molar-refractivity contribution in [2.45, 2.75) is 14.7 Å². The number of hydrogen-bond acceptors (Lipinski definition) is 4. The summed E-state index contributed by atoms with van der Waals surface area (Å²) < 4.78 is 0.884. The van der Waals surface area contributed by atoms with Gasteiger partial charge in [0.2, 0.25) is 0 Å². The first kappa shape index (κ1) is 15.7. The molecule has 0 bridgehead atoms. The van der Waals surface area contributed by atoms with E-state index in [0.717, 1.165) is 30.7 Å². The Balaban J connectivity index is 1.85. The van der Waals surface area contributed by atoms with Crippen molar-refractivity contribution in [3.05, 3.63) is 65.4 Å². The lowest BCUT2D eigenvalue weighted by molar-refractivity contribution is 1.19. The summed E-state index contributed by atoms with van der Waals surface area (Å²) in [6, 6.07) is 16.4. The minimum absolute atomic E-state index is 0.884. The van der Waals surface area contributed by atoms with E-state index < -0.39 is 0 Å². The van der Waals surface area contributed by atoms with Gasteiger partial charge in [0.1, 0.15) is 0 Å². The second-order valence-electron chi connectivity index (χ2n) is 5.30. The smallest absolute Gasteiger partial charge is 0.0714 e. The number of pyridine rings is 2. The van der Waals surface area contributed by atoms with Gasteiger partial charge in [-0.15, -0.1) is 11.8 Å². The highest BCUT2D eigenvalue weighted by molar-refractivity contribution is 8.02. The van der Waals surface area contributed by atoms with Gasteiger partial charge in [-0.3, -0.25) is 4.98 Å². The van der Waals surface area contributed by atoms with Gasteiger partial charge >= 0.3 is 0 Å². The van der Waals surface area contributed by atoms with Crippen LogP contribution < -0.4 is 0 Å². The zero-order chi connectivity index (χ0) is 16.5. The standard InChI is InChI=1S/C19H14N2S3/c1-23-19-13-7-3-5-9-15(13)21-11-17(19)24-16-10-20-14-8-4-2-6-12(14)18(16)22/h2-11H,1H3,(H,20,22). The maximum Gasteiger partial charge on any atom is 0.0714 e. The van der Waals surface area contributed by atoms with Crippen LogP contribution in [0.3, 0.4) is 0 Å². The van der Waals surface area contributed by atoms with E-state index in [-0.39, 0.29) is 0 Å². The summed E-state index contributed by atoms with van der Waals surface area (Å²) >= 11 is 9.13. The van der Waals surface area contributed by atoms with E-state index in [9.17, 15) is 0 Å². The molecule has 5 heteroatoms. The van der Waals surface area contributed by atoms with Crippen LogP contribution in [0.1, 0.15) is 0 Å². The molecule has 0 fully saturated rings. The molecule has 0 radical (unpaired) electrons. The van der Waals surface area contributed by atoms with Gasteiger partial charge in [-0.1, -0.05) is 60.4 Å². The Hall–Kier alpha value is -1.82. The number of aromatic amines is 1. The van der Waals surface area contributed by atoms with Crippen molar-refractivity contribution in [1.82, 2.24) is 9.97 Å². The Morgan fingerprint density at radius 1 is 0.958 bits per heavy atom. The third-order valence-electron chi connectivity index (χ3n) is 3.87. The molecular weight excluding hydrogens is 352 g/mol. The molecule has 24 heavy (non-hydrogen) atoms. The minimum atomic E-state index is 0.884. The van der Waals surface area contributed by atoms with Gasteiger partial charge in [0.05, 0.1) is 10.0 Å². The van der Waals surface area contributed by atoms with Crippen LogP contribution >= 0.6 is 35.7 Å². The molecular formula is C19H14N2S3. The van der Waals surface area contributed by atoms with Gasteiger partial charge in [-0.2, -0.15) is 0 Å². The van der Waals surface area contributed by atoms with E-state index in [4.69, 9.17) is 12.2 Å². The Bertz CT molecular complexity index is 1100. The molecule has 4 aromatic rings. The summed E-state index contributed by atoms with van der Waals surface area (Å²) in [4.78, 5) is 11.4. The fraction of sp³-hybridized carbons (Fsp3) is 0.0526. The van der Waals surface area contributed by atoms with Crippen molar-refractivity contribution >= 4 is 57.5 Å². The number of nitrogens with one attached hydrogen (secondary N) is 1. The first-order valence-electron chi connectivity index (χ1n) is 7.48. The van der Waals surface area contributed by atoms with Gasteiger partial charge in [0.25, 0.3) is 0 Å². The molecule has 1 N–H and O–H groups in total. The quantitative estimate of drug-likeness (QED) is 0.339. The fourth-order valence-electron chi connectivity index (χ4n) is 2.72. The van der Waals surface area contributed by atoms with Crippen LogP contribution in [0.4, 0.5) is 0 Å². The Morgan fingerprint density at radius 3 is 2.54 bits per heavy atom. The highest BCUT2D eigenvalue weighted by atomic mass is 32.2. The lowest BCUT2D eigenvalue weighted by Crippen LogP contribution is -1.88. The lowest BCUT2D eigenvalue weighted by Gasteiger charge is -2.11. The van der Waals surface area contributed by atoms with E-state index in [1.54, 1.807) is 23.5 Å². The summed E-state index contributed by atoms with van der Waals surface area (Å²) in [5.41, 5.74) is 2.09.